The lowest BCUT2D eigenvalue weighted by Gasteiger charge is -2.26. The van der Waals surface area contributed by atoms with Gasteiger partial charge in [0.05, 0.1) is 0 Å². The third-order valence-corrected chi connectivity index (χ3v) is 5.08. The molecule has 0 radical (unpaired) electrons. The number of rotatable bonds is 2. The van der Waals surface area contributed by atoms with Crippen LogP contribution in [0.3, 0.4) is 0 Å². The molecule has 0 atom stereocenters. The van der Waals surface area contributed by atoms with Crippen molar-refractivity contribution in [3.05, 3.63) is 29.6 Å². The molecule has 1 aliphatic carbocycles. The molecule has 2 aliphatic rings. The molecule has 1 saturated carbocycles. The summed E-state index contributed by atoms with van der Waals surface area (Å²) in [5.41, 5.74) is 1.30. The maximum Gasteiger partial charge on any atom is 0.193 e. The molecule has 4 nitrogen and oxygen atoms in total. The van der Waals surface area contributed by atoms with Crippen LogP contribution in [-0.4, -0.2) is 36.1 Å². The molecule has 0 unspecified atom stereocenters. The van der Waals surface area contributed by atoms with Crippen LogP contribution in [0.1, 0.15) is 37.7 Å². The van der Waals surface area contributed by atoms with Crippen LogP contribution in [-0.2, 0) is 6.54 Å². The Hall–Kier alpha value is -1.05. The smallest absolute Gasteiger partial charge is 0.193 e. The standard InChI is InChI=1S/C17H24FN3O.HI/c1-19-16(20-11-13-4-5-15(22)14(18)10-13)21-9-8-17(12-21)6-2-3-7-17;/h4-5,10,22H,2-3,6-9,11-12H2,1H3,(H,19,20);1H. The molecule has 1 aliphatic heterocycles. The number of nitrogens with zero attached hydrogens (tertiary/aromatic N) is 2. The molecule has 0 aromatic heterocycles. The van der Waals surface area contributed by atoms with Gasteiger partial charge in [-0.3, -0.25) is 4.99 Å². The van der Waals surface area contributed by atoms with Gasteiger partial charge in [0, 0.05) is 26.7 Å². The quantitative estimate of drug-likeness (QED) is 0.427. The number of aliphatic imine (C=N–C) groups is 1. The fourth-order valence-electron chi connectivity index (χ4n) is 3.82. The van der Waals surface area contributed by atoms with Crippen molar-refractivity contribution in [1.29, 1.82) is 0 Å². The van der Waals surface area contributed by atoms with Gasteiger partial charge in [-0.05, 0) is 42.4 Å². The lowest BCUT2D eigenvalue weighted by molar-refractivity contribution is 0.309. The Bertz CT molecular complexity index is 573. The molecule has 3 rings (SSSR count). The summed E-state index contributed by atoms with van der Waals surface area (Å²) in [7, 11) is 1.79. The zero-order chi connectivity index (χ0) is 15.6. The third-order valence-electron chi connectivity index (χ3n) is 5.08. The second kappa shape index (κ2) is 7.68. The van der Waals surface area contributed by atoms with E-state index in [9.17, 15) is 9.50 Å². The van der Waals surface area contributed by atoms with E-state index in [1.807, 2.05) is 0 Å². The van der Waals surface area contributed by atoms with Gasteiger partial charge in [-0.25, -0.2) is 4.39 Å². The highest BCUT2D eigenvalue weighted by atomic mass is 127. The number of hydrogen-bond acceptors (Lipinski definition) is 2. The first-order valence-electron chi connectivity index (χ1n) is 8.05. The zero-order valence-corrected chi connectivity index (χ0v) is 15.8. The number of hydrogen-bond donors (Lipinski definition) is 2. The molecule has 1 aromatic rings. The largest absolute Gasteiger partial charge is 0.505 e. The van der Waals surface area contributed by atoms with Crippen molar-refractivity contribution >= 4 is 29.9 Å². The Balaban J connectivity index is 0.00000192. The van der Waals surface area contributed by atoms with Crippen molar-refractivity contribution in [3.63, 3.8) is 0 Å². The van der Waals surface area contributed by atoms with Gasteiger partial charge in [-0.2, -0.15) is 0 Å². The number of aromatic hydroxyl groups is 1. The van der Waals surface area contributed by atoms with Crippen LogP contribution < -0.4 is 5.32 Å². The van der Waals surface area contributed by atoms with E-state index in [1.165, 1.54) is 44.2 Å². The molecular weight excluding hydrogens is 408 g/mol. The molecule has 1 aromatic carbocycles. The van der Waals surface area contributed by atoms with Crippen molar-refractivity contribution in [2.75, 3.05) is 20.1 Å². The van der Waals surface area contributed by atoms with Crippen molar-refractivity contribution in [2.24, 2.45) is 10.4 Å². The van der Waals surface area contributed by atoms with Gasteiger partial charge in [0.25, 0.3) is 0 Å². The van der Waals surface area contributed by atoms with Gasteiger partial charge in [0.15, 0.2) is 17.5 Å². The molecule has 2 fully saturated rings. The van der Waals surface area contributed by atoms with E-state index in [2.05, 4.69) is 15.2 Å². The lowest BCUT2D eigenvalue weighted by atomic mass is 9.86. The summed E-state index contributed by atoms with van der Waals surface area (Å²) < 4.78 is 13.4. The summed E-state index contributed by atoms with van der Waals surface area (Å²) in [4.78, 5) is 6.69. The molecule has 128 valence electrons. The van der Waals surface area contributed by atoms with Gasteiger partial charge in [-0.1, -0.05) is 18.9 Å². The predicted molar refractivity (Wildman–Crippen MR) is 101 cm³/mol. The zero-order valence-electron chi connectivity index (χ0n) is 13.5. The summed E-state index contributed by atoms with van der Waals surface area (Å²) in [5, 5.41) is 12.5. The van der Waals surface area contributed by atoms with Crippen molar-refractivity contribution in [2.45, 2.75) is 38.6 Å². The van der Waals surface area contributed by atoms with Crippen molar-refractivity contribution < 1.29 is 9.50 Å². The number of phenols is 1. The second-order valence-electron chi connectivity index (χ2n) is 6.57. The molecular formula is C17H25FIN3O. The van der Waals surface area contributed by atoms with Crippen LogP contribution >= 0.6 is 24.0 Å². The average Bonchev–Trinajstić information content (AvgIpc) is 3.14. The highest BCUT2D eigenvalue weighted by Gasteiger charge is 2.40. The van der Waals surface area contributed by atoms with Crippen LogP contribution in [0.15, 0.2) is 23.2 Å². The maximum atomic E-state index is 13.4. The number of phenolic OH excluding ortho intramolecular Hbond substituents is 1. The minimum absolute atomic E-state index is 0. The first-order chi connectivity index (χ1) is 10.6. The summed E-state index contributed by atoms with van der Waals surface area (Å²) >= 11 is 0. The van der Waals surface area contributed by atoms with E-state index >= 15 is 0 Å². The Kier molecular flexibility index (Phi) is 6.11. The Morgan fingerprint density at radius 1 is 1.35 bits per heavy atom. The lowest BCUT2D eigenvalue weighted by Crippen LogP contribution is -2.40. The van der Waals surface area contributed by atoms with Gasteiger partial charge >= 0.3 is 0 Å². The molecule has 6 heteroatoms. The van der Waals surface area contributed by atoms with Crippen LogP contribution in [0.25, 0.3) is 0 Å². The van der Waals surface area contributed by atoms with E-state index in [0.717, 1.165) is 24.6 Å². The van der Waals surface area contributed by atoms with Crippen molar-refractivity contribution in [3.8, 4) is 5.75 Å². The number of guanidine groups is 1. The van der Waals surface area contributed by atoms with E-state index in [4.69, 9.17) is 0 Å². The number of nitrogens with one attached hydrogen (secondary N) is 1. The summed E-state index contributed by atoms with van der Waals surface area (Å²) in [5.74, 6) is -0.00604. The molecule has 23 heavy (non-hydrogen) atoms. The van der Waals surface area contributed by atoms with E-state index in [-0.39, 0.29) is 29.7 Å². The third kappa shape index (κ3) is 4.08. The first kappa shape index (κ1) is 18.3. The van der Waals surface area contributed by atoms with E-state index < -0.39 is 5.82 Å². The molecule has 1 spiro atoms. The Morgan fingerprint density at radius 2 is 2.09 bits per heavy atom. The van der Waals surface area contributed by atoms with Gasteiger partial charge in [0.2, 0.25) is 0 Å². The summed E-state index contributed by atoms with van der Waals surface area (Å²) in [6.07, 6.45) is 6.63. The van der Waals surface area contributed by atoms with Crippen LogP contribution in [0.4, 0.5) is 4.39 Å². The topological polar surface area (TPSA) is 47.9 Å². The SMILES string of the molecule is CN=C(NCc1ccc(O)c(F)c1)N1CCC2(CCCC2)C1.I. The van der Waals surface area contributed by atoms with E-state index in [1.54, 1.807) is 13.1 Å². The van der Waals surface area contributed by atoms with Crippen LogP contribution in [0.2, 0.25) is 0 Å². The number of halogens is 2. The normalized spacial score (nSPS) is 19.9. The number of benzene rings is 1. The monoisotopic (exact) mass is 433 g/mol. The molecule has 0 bridgehead atoms. The highest BCUT2D eigenvalue weighted by molar-refractivity contribution is 14.0. The minimum Gasteiger partial charge on any atom is -0.505 e. The van der Waals surface area contributed by atoms with Crippen LogP contribution in [0.5, 0.6) is 5.75 Å². The molecule has 1 heterocycles. The molecule has 1 saturated heterocycles. The summed E-state index contributed by atoms with van der Waals surface area (Å²) in [6, 6.07) is 4.47. The Labute approximate surface area is 154 Å². The predicted octanol–water partition coefficient (Wildman–Crippen LogP) is 3.49. The minimum atomic E-state index is -0.583. The number of likely N-dealkylation sites (tertiary alicyclic amines) is 1. The first-order valence-corrected chi connectivity index (χ1v) is 8.05. The fraction of sp³-hybridized carbons (Fsp3) is 0.588. The molecule has 0 amide bonds. The van der Waals surface area contributed by atoms with E-state index in [0.29, 0.717) is 12.0 Å². The maximum absolute atomic E-state index is 13.4. The van der Waals surface area contributed by atoms with Crippen molar-refractivity contribution in [1.82, 2.24) is 10.2 Å². The van der Waals surface area contributed by atoms with Gasteiger partial charge in [-0.15, -0.1) is 24.0 Å². The summed E-state index contributed by atoms with van der Waals surface area (Å²) in [6.45, 7) is 2.63. The molecule has 2 N–H and O–H groups in total. The Morgan fingerprint density at radius 3 is 2.74 bits per heavy atom. The average molecular weight is 433 g/mol. The highest BCUT2D eigenvalue weighted by Crippen LogP contribution is 2.45. The van der Waals surface area contributed by atoms with Gasteiger partial charge < -0.3 is 15.3 Å². The fourth-order valence-corrected chi connectivity index (χ4v) is 3.82. The van der Waals surface area contributed by atoms with Crippen LogP contribution in [0, 0.1) is 11.2 Å². The second-order valence-corrected chi connectivity index (χ2v) is 6.57. The van der Waals surface area contributed by atoms with Gasteiger partial charge in [0.1, 0.15) is 0 Å².